The van der Waals surface area contributed by atoms with E-state index in [0.717, 1.165) is 27.9 Å². The van der Waals surface area contributed by atoms with E-state index in [0.29, 0.717) is 22.6 Å². The molecule has 0 atom stereocenters. The van der Waals surface area contributed by atoms with Crippen molar-refractivity contribution in [2.45, 2.75) is 6.92 Å². The second-order valence-electron chi connectivity index (χ2n) is 7.37. The third-order valence-corrected chi connectivity index (χ3v) is 5.29. The molecule has 0 spiro atoms. The summed E-state index contributed by atoms with van der Waals surface area (Å²) in [6.07, 6.45) is 0. The number of hydrogen-bond donors (Lipinski definition) is 3. The lowest BCUT2D eigenvalue weighted by molar-refractivity contribution is 0.0997. The Labute approximate surface area is 185 Å². The maximum atomic E-state index is 12.8. The van der Waals surface area contributed by atoms with Crippen molar-refractivity contribution >= 4 is 23.3 Å². The Hall–Kier alpha value is -4.45. The van der Waals surface area contributed by atoms with Crippen LogP contribution in [0.4, 0.5) is 11.5 Å². The molecular formula is C26H22N4O2. The predicted molar refractivity (Wildman–Crippen MR) is 127 cm³/mol. The van der Waals surface area contributed by atoms with Crippen molar-refractivity contribution in [2.75, 3.05) is 11.1 Å². The van der Waals surface area contributed by atoms with Gasteiger partial charge in [0.2, 0.25) is 5.91 Å². The van der Waals surface area contributed by atoms with E-state index in [-0.39, 0.29) is 5.91 Å². The number of nitrogens with two attached hydrogens (primary N) is 2. The Morgan fingerprint density at radius 1 is 0.812 bits per heavy atom. The van der Waals surface area contributed by atoms with Crippen LogP contribution in [0, 0.1) is 6.92 Å². The number of amides is 2. The van der Waals surface area contributed by atoms with Gasteiger partial charge in [0.1, 0.15) is 0 Å². The number of nitrogens with zero attached hydrogens (tertiary/aromatic N) is 1. The summed E-state index contributed by atoms with van der Waals surface area (Å²) in [5, 5.41) is 2.80. The molecule has 0 bridgehead atoms. The summed E-state index contributed by atoms with van der Waals surface area (Å²) in [7, 11) is 0. The summed E-state index contributed by atoms with van der Waals surface area (Å²) in [5.41, 5.74) is 17.0. The lowest BCUT2D eigenvalue weighted by Gasteiger charge is -2.11. The van der Waals surface area contributed by atoms with Crippen molar-refractivity contribution < 1.29 is 9.59 Å². The molecule has 4 rings (SSSR count). The van der Waals surface area contributed by atoms with E-state index in [2.05, 4.69) is 10.3 Å². The zero-order valence-electron chi connectivity index (χ0n) is 17.5. The van der Waals surface area contributed by atoms with Gasteiger partial charge < -0.3 is 16.8 Å². The van der Waals surface area contributed by atoms with Gasteiger partial charge in [0.25, 0.3) is 5.91 Å². The number of nitrogen functional groups attached to an aromatic ring is 1. The predicted octanol–water partition coefficient (Wildman–Crippen LogP) is 4.66. The van der Waals surface area contributed by atoms with Gasteiger partial charge in [0.15, 0.2) is 5.82 Å². The lowest BCUT2D eigenvalue weighted by atomic mass is 9.95. The summed E-state index contributed by atoms with van der Waals surface area (Å²) < 4.78 is 0. The van der Waals surface area contributed by atoms with Crippen LogP contribution in [0.5, 0.6) is 0 Å². The second-order valence-corrected chi connectivity index (χ2v) is 7.37. The van der Waals surface area contributed by atoms with E-state index in [1.54, 1.807) is 30.3 Å². The fourth-order valence-corrected chi connectivity index (χ4v) is 3.54. The summed E-state index contributed by atoms with van der Waals surface area (Å²) in [5.74, 6) is -0.475. The molecule has 0 aliphatic rings. The number of rotatable bonds is 5. The molecule has 3 aromatic carbocycles. The molecule has 0 unspecified atom stereocenters. The highest BCUT2D eigenvalue weighted by Crippen LogP contribution is 2.27. The first-order chi connectivity index (χ1) is 15.4. The van der Waals surface area contributed by atoms with Gasteiger partial charge in [-0.25, -0.2) is 4.98 Å². The van der Waals surface area contributed by atoms with Crippen molar-refractivity contribution in [3.05, 3.63) is 102 Å². The minimum absolute atomic E-state index is 0.311. The molecule has 0 saturated heterocycles. The quantitative estimate of drug-likeness (QED) is 0.434. The molecule has 32 heavy (non-hydrogen) atoms. The molecule has 1 heterocycles. The number of primary amides is 1. The Morgan fingerprint density at radius 2 is 1.53 bits per heavy atom. The van der Waals surface area contributed by atoms with Gasteiger partial charge in [-0.1, -0.05) is 54.6 Å². The van der Waals surface area contributed by atoms with E-state index < -0.39 is 5.91 Å². The van der Waals surface area contributed by atoms with Crippen LogP contribution < -0.4 is 16.8 Å². The number of aromatic nitrogens is 1. The maximum Gasteiger partial charge on any atom is 0.256 e. The fourth-order valence-electron chi connectivity index (χ4n) is 3.54. The van der Waals surface area contributed by atoms with E-state index in [9.17, 15) is 9.59 Å². The Kier molecular flexibility index (Phi) is 5.68. The molecule has 4 aromatic rings. The Balaban J connectivity index is 1.57. The van der Waals surface area contributed by atoms with Crippen LogP contribution in [0.2, 0.25) is 0 Å². The number of pyridine rings is 1. The third-order valence-electron chi connectivity index (χ3n) is 5.29. The van der Waals surface area contributed by atoms with Crippen LogP contribution in [0.25, 0.3) is 22.4 Å². The van der Waals surface area contributed by atoms with Crippen molar-refractivity contribution in [3.8, 4) is 22.4 Å². The molecule has 0 radical (unpaired) electrons. The number of nitrogens with one attached hydrogen (secondary N) is 1. The van der Waals surface area contributed by atoms with Gasteiger partial charge >= 0.3 is 0 Å². The molecule has 1 aromatic heterocycles. The van der Waals surface area contributed by atoms with Crippen LogP contribution in [-0.2, 0) is 0 Å². The van der Waals surface area contributed by atoms with Gasteiger partial charge in [0.05, 0.1) is 11.4 Å². The summed E-state index contributed by atoms with van der Waals surface area (Å²) in [4.78, 5) is 28.9. The molecule has 2 amide bonds. The topological polar surface area (TPSA) is 111 Å². The average molecular weight is 422 g/mol. The van der Waals surface area contributed by atoms with Crippen molar-refractivity contribution in [3.63, 3.8) is 0 Å². The Morgan fingerprint density at radius 3 is 2.22 bits per heavy atom. The molecule has 0 aliphatic heterocycles. The van der Waals surface area contributed by atoms with Gasteiger partial charge in [-0.05, 0) is 53.9 Å². The van der Waals surface area contributed by atoms with Crippen LogP contribution in [0.3, 0.4) is 0 Å². The summed E-state index contributed by atoms with van der Waals surface area (Å²) in [6.45, 7) is 1.85. The van der Waals surface area contributed by atoms with Crippen LogP contribution in [-0.4, -0.2) is 16.8 Å². The number of anilines is 2. The van der Waals surface area contributed by atoms with Crippen molar-refractivity contribution in [1.29, 1.82) is 0 Å². The van der Waals surface area contributed by atoms with Crippen molar-refractivity contribution in [1.82, 2.24) is 4.98 Å². The first kappa shape index (κ1) is 20.8. The van der Waals surface area contributed by atoms with E-state index in [4.69, 9.17) is 11.5 Å². The van der Waals surface area contributed by atoms with Gasteiger partial charge in [-0.3, -0.25) is 9.59 Å². The lowest BCUT2D eigenvalue weighted by Crippen LogP contribution is -2.14. The van der Waals surface area contributed by atoms with Crippen LogP contribution in [0.15, 0.2) is 84.9 Å². The monoisotopic (exact) mass is 422 g/mol. The smallest absolute Gasteiger partial charge is 0.256 e. The van der Waals surface area contributed by atoms with Crippen LogP contribution in [0.1, 0.15) is 26.3 Å². The molecule has 5 N–H and O–H groups in total. The molecule has 0 saturated carbocycles. The molecule has 6 nitrogen and oxygen atoms in total. The third kappa shape index (κ3) is 4.20. The molecule has 0 aliphatic carbocycles. The minimum Gasteiger partial charge on any atom is -0.396 e. The van der Waals surface area contributed by atoms with E-state index >= 15 is 0 Å². The number of carbonyl (C=O) groups is 2. The highest BCUT2D eigenvalue weighted by molar-refractivity contribution is 6.05. The highest BCUT2D eigenvalue weighted by Gasteiger charge is 2.13. The van der Waals surface area contributed by atoms with Gasteiger partial charge in [-0.15, -0.1) is 0 Å². The molecule has 158 valence electrons. The number of hydrogen-bond acceptors (Lipinski definition) is 4. The number of carbonyl (C=O) groups excluding carboxylic acids is 2. The molecule has 0 fully saturated rings. The highest BCUT2D eigenvalue weighted by atomic mass is 16.2. The molecule has 6 heteroatoms. The van der Waals surface area contributed by atoms with E-state index in [1.807, 2.05) is 61.5 Å². The number of benzene rings is 3. The zero-order valence-corrected chi connectivity index (χ0v) is 17.5. The first-order valence-electron chi connectivity index (χ1n) is 10.1. The first-order valence-corrected chi connectivity index (χ1v) is 10.1. The van der Waals surface area contributed by atoms with Gasteiger partial charge in [0, 0.05) is 16.7 Å². The van der Waals surface area contributed by atoms with Crippen LogP contribution >= 0.6 is 0 Å². The standard InChI is InChI=1S/C26H22N4O2/c1-16-20(8-5-9-21(16)24(28)31)17-10-12-19(13-11-17)26(32)30-25-22(27)14-15-23(29-25)18-6-3-2-4-7-18/h2-15H,27H2,1H3,(H2,28,31)(H,29,30,32). The average Bonchev–Trinajstić information content (AvgIpc) is 2.81. The summed E-state index contributed by atoms with van der Waals surface area (Å²) in [6, 6.07) is 25.7. The summed E-state index contributed by atoms with van der Waals surface area (Å²) >= 11 is 0. The second kappa shape index (κ2) is 8.73. The normalized spacial score (nSPS) is 10.5. The molecular weight excluding hydrogens is 400 g/mol. The minimum atomic E-state index is -0.469. The Bertz CT molecular complexity index is 1300. The van der Waals surface area contributed by atoms with Gasteiger partial charge in [-0.2, -0.15) is 0 Å². The SMILES string of the molecule is Cc1c(C(N)=O)cccc1-c1ccc(C(=O)Nc2nc(-c3ccccc3)ccc2N)cc1. The fraction of sp³-hybridized carbons (Fsp3) is 0.0385. The van der Waals surface area contributed by atoms with E-state index in [1.165, 1.54) is 0 Å². The van der Waals surface area contributed by atoms with Crippen molar-refractivity contribution in [2.24, 2.45) is 5.73 Å². The zero-order chi connectivity index (χ0) is 22.7. The largest absolute Gasteiger partial charge is 0.396 e. The maximum absolute atomic E-state index is 12.8.